The molecule has 8 heteroatoms. The molecule has 0 spiro atoms. The predicted molar refractivity (Wildman–Crippen MR) is 133 cm³/mol. The number of nitrogens with one attached hydrogen (secondary N) is 2. The first kappa shape index (κ1) is 20.2. The van der Waals surface area contributed by atoms with Gasteiger partial charge in [-0.05, 0) is 83.3 Å². The number of nitrogens with zero attached hydrogens (tertiary/aromatic N) is 1. The minimum absolute atomic E-state index is 0.206. The number of carbonyl (C=O) groups is 1. The number of thiazole rings is 1. The van der Waals surface area contributed by atoms with Crippen molar-refractivity contribution in [2.45, 2.75) is 0 Å². The van der Waals surface area contributed by atoms with Crippen LogP contribution in [0.2, 0.25) is 5.02 Å². The van der Waals surface area contributed by atoms with E-state index in [-0.39, 0.29) is 11.0 Å². The van der Waals surface area contributed by atoms with Gasteiger partial charge in [-0.3, -0.25) is 10.1 Å². The van der Waals surface area contributed by atoms with E-state index in [4.69, 9.17) is 23.8 Å². The van der Waals surface area contributed by atoms with E-state index in [1.165, 1.54) is 0 Å². The number of hydrogen-bond acceptors (Lipinski definition) is 4. The van der Waals surface area contributed by atoms with E-state index in [1.807, 2.05) is 48.5 Å². The highest BCUT2D eigenvalue weighted by atomic mass is 127. The molecule has 4 rings (SSSR count). The first-order chi connectivity index (χ1) is 14.0. The summed E-state index contributed by atoms with van der Waals surface area (Å²) in [6, 6.07) is 20.8. The van der Waals surface area contributed by atoms with Gasteiger partial charge < -0.3 is 5.32 Å². The Bertz CT molecular complexity index is 1210. The molecule has 0 radical (unpaired) electrons. The first-order valence-electron chi connectivity index (χ1n) is 8.53. The highest BCUT2D eigenvalue weighted by Gasteiger charge is 2.12. The fourth-order valence-electron chi connectivity index (χ4n) is 2.72. The molecule has 144 valence electrons. The van der Waals surface area contributed by atoms with E-state index in [0.717, 1.165) is 24.4 Å². The van der Waals surface area contributed by atoms with Gasteiger partial charge in [0.05, 0.1) is 15.2 Å². The molecular formula is C21H13ClIN3OS2. The Labute approximate surface area is 195 Å². The standard InChI is InChI=1S/C21H13ClIN3OS2/c22-16-11-14(24-21(28)26-19(27)12-4-3-5-13(23)10-12)8-9-15(16)20-25-17-6-1-2-7-18(17)29-20/h1-11H,(H2,24,26,27,28). The lowest BCUT2D eigenvalue weighted by molar-refractivity contribution is 0.0977. The Hall–Kier alpha value is -2.07. The topological polar surface area (TPSA) is 54.0 Å². The lowest BCUT2D eigenvalue weighted by Gasteiger charge is -2.11. The van der Waals surface area contributed by atoms with Crippen LogP contribution in [0, 0.1) is 3.57 Å². The zero-order chi connectivity index (χ0) is 20.4. The number of carbonyl (C=O) groups excluding carboxylic acids is 1. The van der Waals surface area contributed by atoms with Gasteiger partial charge in [-0.25, -0.2) is 4.98 Å². The Morgan fingerprint density at radius 1 is 1.07 bits per heavy atom. The van der Waals surface area contributed by atoms with Crippen LogP contribution in [0.15, 0.2) is 66.7 Å². The summed E-state index contributed by atoms with van der Waals surface area (Å²) in [5, 5.41) is 7.30. The molecule has 2 N–H and O–H groups in total. The van der Waals surface area contributed by atoms with E-state index in [9.17, 15) is 4.79 Å². The zero-order valence-electron chi connectivity index (χ0n) is 14.8. The van der Waals surface area contributed by atoms with Crippen LogP contribution in [0.1, 0.15) is 10.4 Å². The third-order valence-corrected chi connectivity index (χ3v) is 6.32. The van der Waals surface area contributed by atoms with Crippen molar-refractivity contribution in [3.63, 3.8) is 0 Å². The van der Waals surface area contributed by atoms with Gasteiger partial charge in [-0.2, -0.15) is 0 Å². The van der Waals surface area contributed by atoms with Crippen molar-refractivity contribution in [3.8, 4) is 10.6 Å². The number of halogens is 2. The van der Waals surface area contributed by atoms with Crippen molar-refractivity contribution in [2.24, 2.45) is 0 Å². The SMILES string of the molecule is O=C(NC(=S)Nc1ccc(-c2nc3ccccc3s2)c(Cl)c1)c1cccc(I)c1. The summed E-state index contributed by atoms with van der Waals surface area (Å²) in [5.74, 6) is -0.266. The van der Waals surface area contributed by atoms with Crippen molar-refractivity contribution in [3.05, 3.63) is 80.9 Å². The fourth-order valence-corrected chi connectivity index (χ4v) is 4.81. The number of aromatic nitrogens is 1. The maximum absolute atomic E-state index is 12.3. The Morgan fingerprint density at radius 2 is 1.90 bits per heavy atom. The first-order valence-corrected chi connectivity index (χ1v) is 11.2. The van der Waals surface area contributed by atoms with Crippen LogP contribution in [0.3, 0.4) is 0 Å². The molecule has 0 bridgehead atoms. The molecule has 0 saturated carbocycles. The predicted octanol–water partition coefficient (Wildman–Crippen LogP) is 6.35. The Balaban J connectivity index is 1.47. The van der Waals surface area contributed by atoms with Crippen LogP contribution < -0.4 is 10.6 Å². The van der Waals surface area contributed by atoms with E-state index in [0.29, 0.717) is 16.3 Å². The van der Waals surface area contributed by atoms with E-state index >= 15 is 0 Å². The molecule has 3 aromatic carbocycles. The van der Waals surface area contributed by atoms with Gasteiger partial charge in [0.15, 0.2) is 5.11 Å². The highest BCUT2D eigenvalue weighted by molar-refractivity contribution is 14.1. The number of anilines is 1. The molecule has 0 aliphatic rings. The van der Waals surface area contributed by atoms with Crippen molar-refractivity contribution < 1.29 is 4.79 Å². The number of thiocarbonyl (C=S) groups is 1. The summed E-state index contributed by atoms with van der Waals surface area (Å²) in [6.45, 7) is 0. The second-order valence-electron chi connectivity index (χ2n) is 6.10. The Morgan fingerprint density at radius 3 is 2.66 bits per heavy atom. The van der Waals surface area contributed by atoms with Gasteiger partial charge in [-0.15, -0.1) is 11.3 Å². The van der Waals surface area contributed by atoms with Crippen molar-refractivity contribution in [1.29, 1.82) is 0 Å². The van der Waals surface area contributed by atoms with Gasteiger partial charge in [0, 0.05) is 20.4 Å². The van der Waals surface area contributed by atoms with Crippen molar-refractivity contribution in [2.75, 3.05) is 5.32 Å². The van der Waals surface area contributed by atoms with E-state index in [1.54, 1.807) is 29.5 Å². The van der Waals surface area contributed by atoms with Crippen LogP contribution in [0.25, 0.3) is 20.8 Å². The monoisotopic (exact) mass is 549 g/mol. The van der Waals surface area contributed by atoms with Gasteiger partial charge >= 0.3 is 0 Å². The molecule has 0 aliphatic carbocycles. The lowest BCUT2D eigenvalue weighted by Crippen LogP contribution is -2.34. The number of benzene rings is 3. The van der Waals surface area contributed by atoms with Crippen LogP contribution >= 0.6 is 57.7 Å². The van der Waals surface area contributed by atoms with Gasteiger partial charge in [-0.1, -0.05) is 29.8 Å². The summed E-state index contributed by atoms with van der Waals surface area (Å²) in [5.41, 5.74) is 3.04. The smallest absolute Gasteiger partial charge is 0.257 e. The number of rotatable bonds is 3. The molecule has 0 unspecified atom stereocenters. The Kier molecular flexibility index (Phi) is 6.09. The third-order valence-electron chi connectivity index (χ3n) is 4.07. The molecule has 0 saturated heterocycles. The van der Waals surface area contributed by atoms with Gasteiger partial charge in [0.25, 0.3) is 5.91 Å². The van der Waals surface area contributed by atoms with E-state index in [2.05, 4.69) is 38.2 Å². The average molecular weight is 550 g/mol. The minimum Gasteiger partial charge on any atom is -0.332 e. The second kappa shape index (κ2) is 8.74. The molecule has 0 aliphatic heterocycles. The second-order valence-corrected chi connectivity index (χ2v) is 9.19. The van der Waals surface area contributed by atoms with Crippen LogP contribution in [0.5, 0.6) is 0 Å². The highest BCUT2D eigenvalue weighted by Crippen LogP contribution is 2.35. The van der Waals surface area contributed by atoms with Crippen molar-refractivity contribution in [1.82, 2.24) is 10.3 Å². The average Bonchev–Trinajstić information content (AvgIpc) is 3.11. The number of hydrogen-bond donors (Lipinski definition) is 2. The number of para-hydroxylation sites is 1. The van der Waals surface area contributed by atoms with E-state index < -0.39 is 0 Å². The largest absolute Gasteiger partial charge is 0.332 e. The molecule has 29 heavy (non-hydrogen) atoms. The molecule has 0 atom stereocenters. The maximum Gasteiger partial charge on any atom is 0.257 e. The minimum atomic E-state index is -0.266. The quantitative estimate of drug-likeness (QED) is 0.231. The van der Waals surface area contributed by atoms with Crippen molar-refractivity contribution >= 4 is 84.7 Å². The molecule has 1 heterocycles. The summed E-state index contributed by atoms with van der Waals surface area (Å²) in [6.07, 6.45) is 0. The third kappa shape index (κ3) is 4.75. The fraction of sp³-hybridized carbons (Fsp3) is 0. The maximum atomic E-state index is 12.3. The molecule has 1 aromatic heterocycles. The summed E-state index contributed by atoms with van der Waals surface area (Å²) in [4.78, 5) is 17.0. The molecule has 0 fully saturated rings. The molecule has 4 nitrogen and oxygen atoms in total. The normalized spacial score (nSPS) is 10.7. The molecule has 1 amide bonds. The van der Waals surface area contributed by atoms with Gasteiger partial charge in [0.1, 0.15) is 5.01 Å². The zero-order valence-corrected chi connectivity index (χ0v) is 19.3. The molecule has 4 aromatic rings. The number of amides is 1. The molecular weight excluding hydrogens is 537 g/mol. The summed E-state index contributed by atoms with van der Waals surface area (Å²) < 4.78 is 2.09. The van der Waals surface area contributed by atoms with Crippen LogP contribution in [-0.2, 0) is 0 Å². The van der Waals surface area contributed by atoms with Crippen LogP contribution in [0.4, 0.5) is 5.69 Å². The number of fused-ring (bicyclic) bond motifs is 1. The lowest BCUT2D eigenvalue weighted by atomic mass is 10.2. The van der Waals surface area contributed by atoms with Gasteiger partial charge in [0.2, 0.25) is 0 Å². The summed E-state index contributed by atoms with van der Waals surface area (Å²) >= 11 is 15.5. The van der Waals surface area contributed by atoms with Crippen LogP contribution in [-0.4, -0.2) is 16.0 Å². The summed E-state index contributed by atoms with van der Waals surface area (Å²) in [7, 11) is 0.